The number of hydrogen-bond donors (Lipinski definition) is 2. The molecule has 98 valence electrons. The number of nitrogens with two attached hydrogens (primary N) is 1. The van der Waals surface area contributed by atoms with Crippen LogP contribution >= 0.6 is 0 Å². The van der Waals surface area contributed by atoms with Gasteiger partial charge in [-0.15, -0.1) is 0 Å². The van der Waals surface area contributed by atoms with Gasteiger partial charge in [-0.2, -0.15) is 0 Å². The Bertz CT molecular complexity index is 271. The molecule has 1 amide bonds. The molecule has 5 heteroatoms. The Labute approximate surface area is 102 Å². The van der Waals surface area contributed by atoms with Crippen molar-refractivity contribution in [3.8, 4) is 0 Å². The molecule has 0 aromatic carbocycles. The van der Waals surface area contributed by atoms with E-state index >= 15 is 0 Å². The van der Waals surface area contributed by atoms with Crippen molar-refractivity contribution in [2.75, 3.05) is 13.2 Å². The molecule has 1 aliphatic rings. The molecule has 0 radical (unpaired) electrons. The Morgan fingerprint density at radius 3 is 2.29 bits per heavy atom. The van der Waals surface area contributed by atoms with Gasteiger partial charge < -0.3 is 10.5 Å². The maximum atomic E-state index is 11.6. The summed E-state index contributed by atoms with van der Waals surface area (Å²) >= 11 is 0. The van der Waals surface area contributed by atoms with Gasteiger partial charge >= 0.3 is 5.97 Å². The van der Waals surface area contributed by atoms with Gasteiger partial charge in [-0.25, -0.2) is 0 Å². The Balaban J connectivity index is 2.58. The van der Waals surface area contributed by atoms with Gasteiger partial charge in [0.25, 0.3) is 0 Å². The third kappa shape index (κ3) is 4.00. The Morgan fingerprint density at radius 1 is 1.24 bits per heavy atom. The number of primary amides is 1. The maximum absolute atomic E-state index is 11.6. The fraction of sp³-hybridized carbons (Fsp3) is 0.833. The molecule has 0 aromatic rings. The Morgan fingerprint density at radius 2 is 1.82 bits per heavy atom. The van der Waals surface area contributed by atoms with Crippen molar-refractivity contribution in [1.29, 1.82) is 0 Å². The van der Waals surface area contributed by atoms with Crippen molar-refractivity contribution < 1.29 is 14.3 Å². The van der Waals surface area contributed by atoms with Crippen molar-refractivity contribution in [2.24, 2.45) is 5.73 Å². The molecule has 17 heavy (non-hydrogen) atoms. The summed E-state index contributed by atoms with van der Waals surface area (Å²) in [5.74, 6) is -0.693. The average Bonchev–Trinajstić information content (AvgIpc) is 2.53. The molecule has 5 nitrogen and oxygen atoms in total. The van der Waals surface area contributed by atoms with Crippen LogP contribution < -0.4 is 11.1 Å². The van der Waals surface area contributed by atoms with Crippen LogP contribution in [0.3, 0.4) is 0 Å². The molecule has 1 saturated carbocycles. The summed E-state index contributed by atoms with van der Waals surface area (Å²) in [7, 11) is 0. The minimum Gasteiger partial charge on any atom is -0.465 e. The normalized spacial score (nSPS) is 19.4. The van der Waals surface area contributed by atoms with Crippen LogP contribution in [-0.4, -0.2) is 30.6 Å². The molecule has 0 heterocycles. The van der Waals surface area contributed by atoms with E-state index in [2.05, 4.69) is 5.32 Å². The fourth-order valence-electron chi connectivity index (χ4n) is 2.30. The first-order valence-corrected chi connectivity index (χ1v) is 6.31. The van der Waals surface area contributed by atoms with Gasteiger partial charge in [0.2, 0.25) is 5.91 Å². The van der Waals surface area contributed by atoms with Crippen LogP contribution in [0.1, 0.15) is 45.4 Å². The van der Waals surface area contributed by atoms with Crippen LogP contribution in [0.2, 0.25) is 0 Å². The minimum absolute atomic E-state index is 0.0524. The van der Waals surface area contributed by atoms with Gasteiger partial charge in [0, 0.05) is 0 Å². The number of nitrogens with one attached hydrogen (secondary N) is 1. The first-order chi connectivity index (χ1) is 8.10. The van der Waals surface area contributed by atoms with Crippen LogP contribution in [0, 0.1) is 0 Å². The minimum atomic E-state index is -0.719. The highest BCUT2D eigenvalue weighted by Crippen LogP contribution is 2.26. The number of rotatable bonds is 5. The van der Waals surface area contributed by atoms with Gasteiger partial charge in [-0.3, -0.25) is 14.9 Å². The molecule has 0 bridgehead atoms. The number of ether oxygens (including phenoxy) is 1. The van der Waals surface area contributed by atoms with Crippen molar-refractivity contribution in [3.63, 3.8) is 0 Å². The van der Waals surface area contributed by atoms with Crippen molar-refractivity contribution in [1.82, 2.24) is 5.32 Å². The van der Waals surface area contributed by atoms with E-state index in [0.29, 0.717) is 19.4 Å². The fourth-order valence-corrected chi connectivity index (χ4v) is 2.30. The highest BCUT2D eigenvalue weighted by Gasteiger charge is 2.36. The van der Waals surface area contributed by atoms with Gasteiger partial charge in [0.15, 0.2) is 0 Å². The second-order valence-corrected chi connectivity index (χ2v) is 4.52. The largest absolute Gasteiger partial charge is 0.465 e. The molecule has 0 unspecified atom stereocenters. The van der Waals surface area contributed by atoms with E-state index < -0.39 is 5.54 Å². The molecule has 0 atom stereocenters. The van der Waals surface area contributed by atoms with E-state index in [4.69, 9.17) is 10.5 Å². The van der Waals surface area contributed by atoms with Crippen LogP contribution in [0.15, 0.2) is 0 Å². The lowest BCUT2D eigenvalue weighted by Crippen LogP contribution is -2.56. The summed E-state index contributed by atoms with van der Waals surface area (Å²) in [6.07, 6.45) is 5.60. The summed E-state index contributed by atoms with van der Waals surface area (Å²) in [5, 5.41) is 3.01. The number of carbonyl (C=O) groups excluding carboxylic acids is 2. The highest BCUT2D eigenvalue weighted by molar-refractivity contribution is 5.85. The van der Waals surface area contributed by atoms with E-state index in [1.165, 1.54) is 0 Å². The third-order valence-electron chi connectivity index (χ3n) is 3.31. The first-order valence-electron chi connectivity index (χ1n) is 6.31. The summed E-state index contributed by atoms with van der Waals surface area (Å²) in [6.45, 7) is 2.16. The average molecular weight is 242 g/mol. The Kier molecular flexibility index (Phi) is 5.41. The van der Waals surface area contributed by atoms with Crippen molar-refractivity contribution >= 4 is 11.9 Å². The zero-order valence-corrected chi connectivity index (χ0v) is 10.5. The van der Waals surface area contributed by atoms with Crippen LogP contribution in [0.5, 0.6) is 0 Å². The molecule has 0 aromatic heterocycles. The lowest BCUT2D eigenvalue weighted by atomic mass is 9.89. The summed E-state index contributed by atoms with van der Waals surface area (Å²) in [4.78, 5) is 22.9. The predicted octanol–water partition coefficient (Wildman–Crippen LogP) is 0.717. The maximum Gasteiger partial charge on any atom is 0.319 e. The summed E-state index contributed by atoms with van der Waals surface area (Å²) in [5.41, 5.74) is 4.76. The molecule has 0 spiro atoms. The monoisotopic (exact) mass is 242 g/mol. The molecular formula is C12H22N2O3. The SMILES string of the molecule is CCOC(=O)CNC1(C(N)=O)CCCCCC1. The van der Waals surface area contributed by atoms with Crippen molar-refractivity contribution in [2.45, 2.75) is 51.0 Å². The lowest BCUT2D eigenvalue weighted by molar-refractivity contribution is -0.142. The number of hydrogen-bond acceptors (Lipinski definition) is 4. The number of esters is 1. The number of amides is 1. The Hall–Kier alpha value is -1.10. The topological polar surface area (TPSA) is 81.4 Å². The smallest absolute Gasteiger partial charge is 0.319 e. The zero-order valence-electron chi connectivity index (χ0n) is 10.5. The number of carbonyl (C=O) groups is 2. The third-order valence-corrected chi connectivity index (χ3v) is 3.31. The predicted molar refractivity (Wildman–Crippen MR) is 64.3 cm³/mol. The van der Waals surface area contributed by atoms with E-state index in [-0.39, 0.29) is 18.4 Å². The van der Waals surface area contributed by atoms with Crippen LogP contribution in [-0.2, 0) is 14.3 Å². The quantitative estimate of drug-likeness (QED) is 0.549. The molecule has 1 rings (SSSR count). The van der Waals surface area contributed by atoms with E-state index in [0.717, 1.165) is 25.7 Å². The molecule has 1 aliphatic carbocycles. The van der Waals surface area contributed by atoms with Crippen molar-refractivity contribution in [3.05, 3.63) is 0 Å². The summed E-state index contributed by atoms with van der Waals surface area (Å²) < 4.78 is 4.84. The second-order valence-electron chi connectivity index (χ2n) is 4.52. The summed E-state index contributed by atoms with van der Waals surface area (Å²) in [6, 6.07) is 0. The van der Waals surface area contributed by atoms with Gasteiger partial charge in [-0.05, 0) is 19.8 Å². The van der Waals surface area contributed by atoms with E-state index in [9.17, 15) is 9.59 Å². The van der Waals surface area contributed by atoms with Crippen LogP contribution in [0.4, 0.5) is 0 Å². The molecule has 1 fully saturated rings. The lowest BCUT2D eigenvalue weighted by Gasteiger charge is -2.30. The van der Waals surface area contributed by atoms with E-state index in [1.807, 2.05) is 0 Å². The van der Waals surface area contributed by atoms with Gasteiger partial charge in [-0.1, -0.05) is 25.7 Å². The standard InChI is InChI=1S/C12H22N2O3/c1-2-17-10(15)9-14-12(11(13)16)7-5-3-4-6-8-12/h14H,2-9H2,1H3,(H2,13,16). The first kappa shape index (κ1) is 14.0. The second kappa shape index (κ2) is 6.59. The zero-order chi connectivity index (χ0) is 12.7. The van der Waals surface area contributed by atoms with Gasteiger partial charge in [0.05, 0.1) is 18.7 Å². The molecule has 0 aliphatic heterocycles. The van der Waals surface area contributed by atoms with E-state index in [1.54, 1.807) is 6.92 Å². The van der Waals surface area contributed by atoms with Crippen LogP contribution in [0.25, 0.3) is 0 Å². The highest BCUT2D eigenvalue weighted by atomic mass is 16.5. The molecular weight excluding hydrogens is 220 g/mol. The molecule has 0 saturated heterocycles. The van der Waals surface area contributed by atoms with Gasteiger partial charge in [0.1, 0.15) is 0 Å². The molecule has 3 N–H and O–H groups in total.